The second-order valence-corrected chi connectivity index (χ2v) is 3.36. The highest BCUT2D eigenvalue weighted by Crippen LogP contribution is 2.07. The summed E-state index contributed by atoms with van der Waals surface area (Å²) in [4.78, 5) is 0. The maximum absolute atomic E-state index is 8.91. The first-order chi connectivity index (χ1) is 5.20. The highest BCUT2D eigenvalue weighted by molar-refractivity contribution is 7.99. The van der Waals surface area contributed by atoms with Crippen LogP contribution in [0, 0.1) is 0 Å². The summed E-state index contributed by atoms with van der Waals surface area (Å²) < 4.78 is 9.91. The van der Waals surface area contributed by atoms with Gasteiger partial charge in [-0.2, -0.15) is 11.8 Å². The van der Waals surface area contributed by atoms with Crippen molar-refractivity contribution in [3.63, 3.8) is 0 Å². The second kappa shape index (κ2) is 6.91. The third kappa shape index (κ3) is 6.62. The predicted molar refractivity (Wildman–Crippen MR) is 46.8 cm³/mol. The van der Waals surface area contributed by atoms with Gasteiger partial charge in [0.05, 0.1) is 6.10 Å². The molecule has 0 unspecified atom stereocenters. The van der Waals surface area contributed by atoms with Crippen molar-refractivity contribution in [1.29, 1.82) is 0 Å². The summed E-state index contributed by atoms with van der Waals surface area (Å²) in [6.07, 6.45) is -0.409. The molecular weight excluding hydrogens is 164 g/mol. The van der Waals surface area contributed by atoms with E-state index in [0.717, 1.165) is 11.5 Å². The van der Waals surface area contributed by atoms with Crippen LogP contribution in [0.2, 0.25) is 0 Å². The van der Waals surface area contributed by atoms with Crippen LogP contribution in [0.3, 0.4) is 0 Å². The van der Waals surface area contributed by atoms with Crippen LogP contribution in [-0.2, 0) is 9.47 Å². The lowest BCUT2D eigenvalue weighted by Crippen LogP contribution is -2.17. The van der Waals surface area contributed by atoms with Crippen molar-refractivity contribution >= 4 is 11.8 Å². The molecule has 0 radical (unpaired) electrons. The summed E-state index contributed by atoms with van der Waals surface area (Å²) in [6, 6.07) is 0. The first-order valence-electron chi connectivity index (χ1n) is 3.52. The van der Waals surface area contributed by atoms with Crippen molar-refractivity contribution in [3.05, 3.63) is 0 Å². The van der Waals surface area contributed by atoms with E-state index in [1.54, 1.807) is 32.9 Å². The number of aliphatic hydroxyl groups excluding tert-OH is 1. The van der Waals surface area contributed by atoms with Gasteiger partial charge in [-0.15, -0.1) is 0 Å². The van der Waals surface area contributed by atoms with Crippen molar-refractivity contribution in [1.82, 2.24) is 0 Å². The van der Waals surface area contributed by atoms with Crippen LogP contribution < -0.4 is 0 Å². The van der Waals surface area contributed by atoms with Gasteiger partial charge in [0.1, 0.15) is 0 Å². The Hall–Kier alpha value is 0.230. The Balaban J connectivity index is 3.21. The van der Waals surface area contributed by atoms with Gasteiger partial charge in [0, 0.05) is 25.7 Å². The molecule has 0 spiro atoms. The molecule has 0 heterocycles. The second-order valence-electron chi connectivity index (χ2n) is 2.29. The maximum Gasteiger partial charge on any atom is 0.165 e. The Bertz CT molecular complexity index is 83.8. The van der Waals surface area contributed by atoms with E-state index in [9.17, 15) is 0 Å². The third-order valence-electron chi connectivity index (χ3n) is 1.14. The van der Waals surface area contributed by atoms with Crippen LogP contribution >= 0.6 is 11.8 Å². The molecule has 0 aromatic heterocycles. The molecular formula is C7H16O3S. The molecule has 0 fully saturated rings. The van der Waals surface area contributed by atoms with E-state index in [0.29, 0.717) is 0 Å². The molecule has 0 bridgehead atoms. The average molecular weight is 180 g/mol. The van der Waals surface area contributed by atoms with E-state index in [-0.39, 0.29) is 12.4 Å². The smallest absolute Gasteiger partial charge is 0.165 e. The number of thioether (sulfide) groups is 1. The van der Waals surface area contributed by atoms with Crippen molar-refractivity contribution in [3.8, 4) is 0 Å². The highest BCUT2D eigenvalue weighted by Gasteiger charge is 2.05. The molecule has 68 valence electrons. The fraction of sp³-hybridized carbons (Fsp3) is 1.00. The van der Waals surface area contributed by atoms with Crippen molar-refractivity contribution in [2.24, 2.45) is 0 Å². The maximum atomic E-state index is 8.91. The minimum absolute atomic E-state index is 0.154. The lowest BCUT2D eigenvalue weighted by Gasteiger charge is -2.12. The quantitative estimate of drug-likeness (QED) is 0.611. The molecule has 4 heteroatoms. The summed E-state index contributed by atoms with van der Waals surface area (Å²) in [5, 5.41) is 8.91. The number of aliphatic hydroxyl groups is 1. The zero-order chi connectivity index (χ0) is 8.69. The van der Waals surface area contributed by atoms with Gasteiger partial charge in [0.15, 0.2) is 6.29 Å². The number of rotatable bonds is 6. The lowest BCUT2D eigenvalue weighted by atomic mass is 10.5. The summed E-state index contributed by atoms with van der Waals surface area (Å²) in [6.45, 7) is 1.77. The Labute approximate surface area is 72.1 Å². The van der Waals surface area contributed by atoms with Crippen LogP contribution in [-0.4, -0.2) is 43.2 Å². The molecule has 0 aromatic rings. The molecule has 0 aliphatic heterocycles. The summed E-state index contributed by atoms with van der Waals surface area (Å²) in [5.74, 6) is 1.49. The molecule has 0 aliphatic rings. The van der Waals surface area contributed by atoms with E-state index in [1.807, 2.05) is 0 Å². The molecule has 0 saturated carbocycles. The van der Waals surface area contributed by atoms with Gasteiger partial charge in [0.25, 0.3) is 0 Å². The van der Waals surface area contributed by atoms with Gasteiger partial charge < -0.3 is 14.6 Å². The Morgan fingerprint density at radius 3 is 2.18 bits per heavy atom. The van der Waals surface area contributed by atoms with E-state index in [4.69, 9.17) is 14.6 Å². The monoisotopic (exact) mass is 180 g/mol. The standard InChI is InChI=1S/C7H16O3S/c1-6(8)4-11-5-7(9-2)10-3/h6-8H,4-5H2,1-3H3/t6-/m0/s1. The van der Waals surface area contributed by atoms with Gasteiger partial charge in [0.2, 0.25) is 0 Å². The van der Waals surface area contributed by atoms with Crippen LogP contribution in [0.4, 0.5) is 0 Å². The van der Waals surface area contributed by atoms with Crippen LogP contribution in [0.15, 0.2) is 0 Å². The zero-order valence-electron chi connectivity index (χ0n) is 7.24. The van der Waals surface area contributed by atoms with Crippen LogP contribution in [0.25, 0.3) is 0 Å². The van der Waals surface area contributed by atoms with E-state index in [1.165, 1.54) is 0 Å². The predicted octanol–water partition coefficient (Wildman–Crippen LogP) is 0.719. The number of hydrogen-bond acceptors (Lipinski definition) is 4. The largest absolute Gasteiger partial charge is 0.393 e. The molecule has 0 aliphatic carbocycles. The van der Waals surface area contributed by atoms with Crippen molar-refractivity contribution in [2.75, 3.05) is 25.7 Å². The highest BCUT2D eigenvalue weighted by atomic mass is 32.2. The summed E-state index contributed by atoms with van der Waals surface area (Å²) in [5.41, 5.74) is 0. The Morgan fingerprint density at radius 1 is 1.27 bits per heavy atom. The molecule has 1 atom stereocenters. The van der Waals surface area contributed by atoms with Gasteiger partial charge >= 0.3 is 0 Å². The number of methoxy groups -OCH3 is 2. The third-order valence-corrected chi connectivity index (χ3v) is 2.36. The summed E-state index contributed by atoms with van der Waals surface area (Å²) in [7, 11) is 3.22. The molecule has 0 rings (SSSR count). The van der Waals surface area contributed by atoms with Crippen LogP contribution in [0.5, 0.6) is 0 Å². The first kappa shape index (κ1) is 11.2. The number of hydrogen-bond donors (Lipinski definition) is 1. The van der Waals surface area contributed by atoms with Gasteiger partial charge in [-0.25, -0.2) is 0 Å². The molecule has 3 nitrogen and oxygen atoms in total. The molecule has 0 aromatic carbocycles. The minimum Gasteiger partial charge on any atom is -0.393 e. The number of ether oxygens (including phenoxy) is 2. The van der Waals surface area contributed by atoms with E-state index >= 15 is 0 Å². The van der Waals surface area contributed by atoms with Gasteiger partial charge in [-0.1, -0.05) is 0 Å². The average Bonchev–Trinajstić information content (AvgIpc) is 1.98. The molecule has 11 heavy (non-hydrogen) atoms. The van der Waals surface area contributed by atoms with E-state index < -0.39 is 0 Å². The normalized spacial score (nSPS) is 13.9. The molecule has 0 amide bonds. The van der Waals surface area contributed by atoms with Crippen LogP contribution in [0.1, 0.15) is 6.92 Å². The van der Waals surface area contributed by atoms with Crippen molar-refractivity contribution < 1.29 is 14.6 Å². The Kier molecular flexibility index (Phi) is 7.06. The first-order valence-corrected chi connectivity index (χ1v) is 4.67. The fourth-order valence-corrected chi connectivity index (χ4v) is 1.51. The molecule has 0 saturated heterocycles. The van der Waals surface area contributed by atoms with Crippen molar-refractivity contribution in [2.45, 2.75) is 19.3 Å². The van der Waals surface area contributed by atoms with Gasteiger partial charge in [-0.3, -0.25) is 0 Å². The topological polar surface area (TPSA) is 38.7 Å². The lowest BCUT2D eigenvalue weighted by molar-refractivity contribution is -0.0842. The summed E-state index contributed by atoms with van der Waals surface area (Å²) >= 11 is 1.62. The fourth-order valence-electron chi connectivity index (χ4n) is 0.567. The zero-order valence-corrected chi connectivity index (χ0v) is 8.06. The molecule has 1 N–H and O–H groups in total. The van der Waals surface area contributed by atoms with Gasteiger partial charge in [-0.05, 0) is 6.92 Å². The Morgan fingerprint density at radius 2 is 1.82 bits per heavy atom. The van der Waals surface area contributed by atoms with E-state index in [2.05, 4.69) is 0 Å². The SMILES string of the molecule is COC(CSC[C@H](C)O)OC. The minimum atomic E-state index is -0.255.